The van der Waals surface area contributed by atoms with Crippen molar-refractivity contribution in [3.63, 3.8) is 0 Å². The van der Waals surface area contributed by atoms with E-state index in [1.54, 1.807) is 0 Å². The third-order valence-electron chi connectivity index (χ3n) is 3.25. The summed E-state index contributed by atoms with van der Waals surface area (Å²) in [5.74, 6) is 0.755. The molecule has 2 unspecified atom stereocenters. The smallest absolute Gasteiger partial charge is 0.0107 e. The van der Waals surface area contributed by atoms with E-state index in [-0.39, 0.29) is 0 Å². The van der Waals surface area contributed by atoms with Crippen molar-refractivity contribution in [2.24, 2.45) is 5.92 Å². The van der Waals surface area contributed by atoms with Crippen molar-refractivity contribution in [1.29, 1.82) is 0 Å². The van der Waals surface area contributed by atoms with E-state index >= 15 is 0 Å². The van der Waals surface area contributed by atoms with Gasteiger partial charge in [0.2, 0.25) is 0 Å². The van der Waals surface area contributed by atoms with E-state index in [4.69, 9.17) is 0 Å². The number of hydrogen-bond acceptors (Lipinski definition) is 2. The van der Waals surface area contributed by atoms with Crippen LogP contribution in [0.1, 0.15) is 33.6 Å². The van der Waals surface area contributed by atoms with Gasteiger partial charge in [0.25, 0.3) is 0 Å². The van der Waals surface area contributed by atoms with Gasteiger partial charge in [0.05, 0.1) is 0 Å². The van der Waals surface area contributed by atoms with Gasteiger partial charge in [-0.05, 0) is 45.8 Å². The molecule has 0 aromatic heterocycles. The van der Waals surface area contributed by atoms with Crippen LogP contribution in [0.15, 0.2) is 0 Å². The van der Waals surface area contributed by atoms with Crippen LogP contribution in [0.25, 0.3) is 0 Å². The Bertz CT molecular complexity index is 143. The van der Waals surface area contributed by atoms with Gasteiger partial charge in [0.15, 0.2) is 0 Å². The Hall–Kier alpha value is -0.0800. The molecule has 1 fully saturated rings. The molecule has 1 N–H and O–H groups in total. The fourth-order valence-corrected chi connectivity index (χ4v) is 2.10. The topological polar surface area (TPSA) is 15.3 Å². The first-order valence-electron chi connectivity index (χ1n) is 5.61. The van der Waals surface area contributed by atoms with Crippen LogP contribution in [-0.4, -0.2) is 37.1 Å². The molecule has 2 heteroatoms. The molecular formula is C11H24N2. The quantitative estimate of drug-likeness (QED) is 0.676. The predicted octanol–water partition coefficient (Wildman–Crippen LogP) is 1.71. The zero-order valence-electron chi connectivity index (χ0n) is 9.51. The summed E-state index contributed by atoms with van der Waals surface area (Å²) in [6.07, 6.45) is 2.84. The summed E-state index contributed by atoms with van der Waals surface area (Å²) in [7, 11) is 2.04. The van der Waals surface area contributed by atoms with Crippen molar-refractivity contribution < 1.29 is 0 Å². The lowest BCUT2D eigenvalue weighted by atomic mass is 10.0. The Labute approximate surface area is 82.7 Å². The van der Waals surface area contributed by atoms with Gasteiger partial charge in [-0.15, -0.1) is 0 Å². The fraction of sp³-hybridized carbons (Fsp3) is 1.00. The van der Waals surface area contributed by atoms with Gasteiger partial charge in [0.1, 0.15) is 0 Å². The lowest BCUT2D eigenvalue weighted by molar-refractivity contribution is 0.159. The Morgan fingerprint density at radius 3 is 2.38 bits per heavy atom. The lowest BCUT2D eigenvalue weighted by Gasteiger charge is -2.32. The molecule has 0 radical (unpaired) electrons. The third-order valence-corrected chi connectivity index (χ3v) is 3.25. The first-order valence-corrected chi connectivity index (χ1v) is 5.61. The molecule has 2 atom stereocenters. The summed E-state index contributed by atoms with van der Waals surface area (Å²) in [5.41, 5.74) is 0. The first kappa shape index (κ1) is 11.0. The summed E-state index contributed by atoms with van der Waals surface area (Å²) in [6.45, 7) is 9.32. The van der Waals surface area contributed by atoms with E-state index in [1.807, 2.05) is 7.05 Å². The molecule has 0 saturated heterocycles. The number of nitrogens with zero attached hydrogens (tertiary/aromatic N) is 1. The van der Waals surface area contributed by atoms with E-state index < -0.39 is 0 Å². The normalized spacial score (nSPS) is 21.9. The van der Waals surface area contributed by atoms with Crippen LogP contribution in [0.3, 0.4) is 0 Å². The van der Waals surface area contributed by atoms with E-state index in [1.165, 1.54) is 19.4 Å². The lowest BCUT2D eigenvalue weighted by Crippen LogP contribution is -2.41. The summed E-state index contributed by atoms with van der Waals surface area (Å²) in [5, 5.41) is 3.26. The van der Waals surface area contributed by atoms with Crippen molar-refractivity contribution >= 4 is 0 Å². The van der Waals surface area contributed by atoms with Gasteiger partial charge in [-0.3, -0.25) is 4.90 Å². The molecule has 0 bridgehead atoms. The number of rotatable bonds is 6. The predicted molar refractivity (Wildman–Crippen MR) is 58.0 cm³/mol. The molecule has 2 nitrogen and oxygen atoms in total. The highest BCUT2D eigenvalue weighted by molar-refractivity contribution is 4.88. The van der Waals surface area contributed by atoms with E-state index in [0.717, 1.165) is 24.5 Å². The van der Waals surface area contributed by atoms with Crippen molar-refractivity contribution in [1.82, 2.24) is 10.2 Å². The van der Waals surface area contributed by atoms with Crippen LogP contribution in [0.4, 0.5) is 0 Å². The van der Waals surface area contributed by atoms with Crippen LogP contribution in [-0.2, 0) is 0 Å². The largest absolute Gasteiger partial charge is 0.319 e. The van der Waals surface area contributed by atoms with Crippen LogP contribution in [0, 0.1) is 5.92 Å². The highest BCUT2D eigenvalue weighted by Crippen LogP contribution is 2.29. The van der Waals surface area contributed by atoms with Gasteiger partial charge >= 0.3 is 0 Å². The Kier molecular flexibility index (Phi) is 4.20. The molecule has 78 valence electrons. The summed E-state index contributed by atoms with van der Waals surface area (Å²) in [6, 6.07) is 1.63. The van der Waals surface area contributed by atoms with Crippen molar-refractivity contribution in [3.8, 4) is 0 Å². The first-order chi connectivity index (χ1) is 6.20. The van der Waals surface area contributed by atoms with Crippen LogP contribution in [0.5, 0.6) is 0 Å². The minimum atomic E-state index is 0.727. The molecule has 0 heterocycles. The maximum atomic E-state index is 3.26. The standard InChI is InChI=1S/C11H24N2/c1-5-13(11-6-7-11)10(3)9(2)8-12-4/h9-12H,5-8H2,1-4H3. The Balaban J connectivity index is 2.37. The maximum absolute atomic E-state index is 3.26. The van der Waals surface area contributed by atoms with Gasteiger partial charge in [0, 0.05) is 12.1 Å². The monoisotopic (exact) mass is 184 g/mol. The molecule has 1 rings (SSSR count). The minimum Gasteiger partial charge on any atom is -0.319 e. The fourth-order valence-electron chi connectivity index (χ4n) is 2.10. The molecule has 0 amide bonds. The summed E-state index contributed by atoms with van der Waals surface area (Å²) >= 11 is 0. The molecule has 1 aliphatic carbocycles. The van der Waals surface area contributed by atoms with Gasteiger partial charge in [-0.1, -0.05) is 13.8 Å². The van der Waals surface area contributed by atoms with Crippen molar-refractivity contribution in [2.45, 2.75) is 45.7 Å². The number of nitrogens with one attached hydrogen (secondary N) is 1. The zero-order chi connectivity index (χ0) is 9.84. The van der Waals surface area contributed by atoms with Gasteiger partial charge < -0.3 is 5.32 Å². The molecule has 0 spiro atoms. The average molecular weight is 184 g/mol. The second-order valence-electron chi connectivity index (χ2n) is 4.34. The SMILES string of the molecule is CCN(C1CC1)C(C)C(C)CNC. The summed E-state index contributed by atoms with van der Waals surface area (Å²) < 4.78 is 0. The highest BCUT2D eigenvalue weighted by Gasteiger charge is 2.32. The Morgan fingerprint density at radius 1 is 1.38 bits per heavy atom. The number of hydrogen-bond donors (Lipinski definition) is 1. The van der Waals surface area contributed by atoms with E-state index in [2.05, 4.69) is 31.0 Å². The molecular weight excluding hydrogens is 160 g/mol. The highest BCUT2D eigenvalue weighted by atomic mass is 15.2. The molecule has 0 aromatic rings. The zero-order valence-corrected chi connectivity index (χ0v) is 9.51. The van der Waals surface area contributed by atoms with Gasteiger partial charge in [-0.2, -0.15) is 0 Å². The molecule has 0 aromatic carbocycles. The molecule has 0 aliphatic heterocycles. The van der Waals surface area contributed by atoms with E-state index in [9.17, 15) is 0 Å². The average Bonchev–Trinajstić information content (AvgIpc) is 2.90. The second-order valence-corrected chi connectivity index (χ2v) is 4.34. The molecule has 13 heavy (non-hydrogen) atoms. The van der Waals surface area contributed by atoms with Crippen molar-refractivity contribution in [3.05, 3.63) is 0 Å². The van der Waals surface area contributed by atoms with Crippen LogP contribution >= 0.6 is 0 Å². The van der Waals surface area contributed by atoms with Crippen molar-refractivity contribution in [2.75, 3.05) is 20.1 Å². The van der Waals surface area contributed by atoms with Crippen LogP contribution < -0.4 is 5.32 Å². The maximum Gasteiger partial charge on any atom is 0.0107 e. The second kappa shape index (κ2) is 4.97. The summed E-state index contributed by atoms with van der Waals surface area (Å²) in [4.78, 5) is 2.65. The Morgan fingerprint density at radius 2 is 2.00 bits per heavy atom. The molecule has 1 saturated carbocycles. The third kappa shape index (κ3) is 2.96. The van der Waals surface area contributed by atoms with Gasteiger partial charge in [-0.25, -0.2) is 0 Å². The molecule has 1 aliphatic rings. The minimum absolute atomic E-state index is 0.727. The van der Waals surface area contributed by atoms with Crippen LogP contribution in [0.2, 0.25) is 0 Å². The van der Waals surface area contributed by atoms with E-state index in [0.29, 0.717) is 0 Å².